The predicted octanol–water partition coefficient (Wildman–Crippen LogP) is 3.50. The van der Waals surface area contributed by atoms with Crippen LogP contribution in [0.5, 0.6) is 0 Å². The van der Waals surface area contributed by atoms with Crippen molar-refractivity contribution in [1.82, 2.24) is 4.90 Å². The Bertz CT molecular complexity index is 235. The van der Waals surface area contributed by atoms with Crippen molar-refractivity contribution in [2.45, 2.75) is 78.2 Å². The molecule has 2 fully saturated rings. The fraction of sp³-hybridized carbons (Fsp3) is 1.00. The maximum atomic E-state index is 4.99. The van der Waals surface area contributed by atoms with E-state index in [0.717, 1.165) is 25.2 Å². The van der Waals surface area contributed by atoms with Crippen LogP contribution in [0.15, 0.2) is 0 Å². The number of unbranched alkanes of at least 4 members (excludes halogenated alkanes) is 1. The fourth-order valence-electron chi connectivity index (χ4n) is 3.59. The average molecular weight is 316 g/mol. The number of likely N-dealkylation sites (tertiary alicyclic amines) is 1. The Morgan fingerprint density at radius 2 is 1.62 bits per heavy atom. The highest BCUT2D eigenvalue weighted by atomic mass is 28.3. The average Bonchev–Trinajstić information content (AvgIpc) is 2.54. The van der Waals surface area contributed by atoms with Crippen LogP contribution in [0.2, 0.25) is 0 Å². The first-order valence-electron chi connectivity index (χ1n) is 9.22. The molecular weight excluding hydrogens is 278 g/mol. The Kier molecular flexibility index (Phi) is 11.5. The van der Waals surface area contributed by atoms with Crippen LogP contribution in [0, 0.1) is 5.92 Å². The van der Waals surface area contributed by atoms with Gasteiger partial charge < -0.3 is 13.8 Å². The van der Waals surface area contributed by atoms with E-state index in [1.807, 2.05) is 13.8 Å². The molecule has 126 valence electrons. The summed E-state index contributed by atoms with van der Waals surface area (Å²) in [5.74, 6) is 1.06. The lowest BCUT2D eigenvalue weighted by atomic mass is 9.78. The maximum Gasteiger partial charge on any atom is 0.304 e. The first-order valence-corrected chi connectivity index (χ1v) is 10.4. The highest BCUT2D eigenvalue weighted by Crippen LogP contribution is 2.35. The van der Waals surface area contributed by atoms with Gasteiger partial charge in [-0.1, -0.05) is 26.2 Å². The summed E-state index contributed by atoms with van der Waals surface area (Å²) >= 11 is 0. The Morgan fingerprint density at radius 3 is 2.29 bits per heavy atom. The van der Waals surface area contributed by atoms with Crippen LogP contribution < -0.4 is 0 Å². The molecule has 2 rings (SSSR count). The van der Waals surface area contributed by atoms with Crippen molar-refractivity contribution in [2.75, 3.05) is 26.3 Å². The van der Waals surface area contributed by atoms with E-state index in [-0.39, 0.29) is 0 Å². The van der Waals surface area contributed by atoms with E-state index < -0.39 is 10.0 Å². The van der Waals surface area contributed by atoms with Crippen LogP contribution >= 0.6 is 0 Å². The van der Waals surface area contributed by atoms with Gasteiger partial charge in [0.1, 0.15) is 0 Å². The number of fused-ring (bicyclic) bond motifs is 1. The summed E-state index contributed by atoms with van der Waals surface area (Å²) < 4.78 is 9.98. The van der Waals surface area contributed by atoms with Crippen LogP contribution in [0.1, 0.15) is 72.1 Å². The molecule has 21 heavy (non-hydrogen) atoms. The summed E-state index contributed by atoms with van der Waals surface area (Å²) in [6.45, 7) is 10.6. The second-order valence-electron chi connectivity index (χ2n) is 6.25. The molecule has 1 heterocycles. The molecule has 0 N–H and O–H groups in total. The molecule has 0 bridgehead atoms. The molecule has 0 aromatic heterocycles. The first kappa shape index (κ1) is 19.1. The molecule has 0 spiro atoms. The number of piperidine rings is 1. The largest absolute Gasteiger partial charge is 0.399 e. The number of hydrogen-bond acceptors (Lipinski definition) is 3. The molecule has 1 aliphatic carbocycles. The van der Waals surface area contributed by atoms with Gasteiger partial charge in [-0.15, -0.1) is 0 Å². The molecule has 0 aromatic carbocycles. The summed E-state index contributed by atoms with van der Waals surface area (Å²) in [5.41, 5.74) is 0. The van der Waals surface area contributed by atoms with Gasteiger partial charge in [-0.25, -0.2) is 0 Å². The van der Waals surface area contributed by atoms with Crippen molar-refractivity contribution in [2.24, 2.45) is 5.92 Å². The lowest BCUT2D eigenvalue weighted by molar-refractivity contribution is 0.0599. The summed E-state index contributed by atoms with van der Waals surface area (Å²) in [6, 6.07) is 0.976. The van der Waals surface area contributed by atoms with Gasteiger partial charge in [-0.05, 0) is 65.0 Å². The van der Waals surface area contributed by atoms with Crippen LogP contribution in [-0.2, 0) is 8.85 Å². The van der Waals surface area contributed by atoms with Crippen LogP contribution in [0.25, 0.3) is 0 Å². The highest BCUT2D eigenvalue weighted by Gasteiger charge is 2.32. The monoisotopic (exact) mass is 315 g/mol. The zero-order valence-electron chi connectivity index (χ0n) is 14.6. The topological polar surface area (TPSA) is 21.7 Å². The summed E-state index contributed by atoms with van der Waals surface area (Å²) in [5, 5.41) is 0. The summed E-state index contributed by atoms with van der Waals surface area (Å²) in [4.78, 5) is 2.80. The minimum Gasteiger partial charge on any atom is -0.399 e. The minimum absolute atomic E-state index is 0.589. The molecule has 1 aliphatic heterocycles. The van der Waals surface area contributed by atoms with E-state index in [9.17, 15) is 0 Å². The fourth-order valence-corrected chi connectivity index (χ4v) is 4.04. The van der Waals surface area contributed by atoms with E-state index in [4.69, 9.17) is 8.85 Å². The number of hydrogen-bond donors (Lipinski definition) is 0. The molecular formula is C17H37NO2Si. The van der Waals surface area contributed by atoms with Gasteiger partial charge in [-0.2, -0.15) is 0 Å². The Hall–Kier alpha value is 0.0969. The van der Waals surface area contributed by atoms with Crippen LogP contribution in [0.3, 0.4) is 0 Å². The van der Waals surface area contributed by atoms with Crippen LogP contribution in [-0.4, -0.2) is 47.3 Å². The maximum absolute atomic E-state index is 4.99. The molecule has 3 nitrogen and oxygen atoms in total. The lowest BCUT2D eigenvalue weighted by Crippen LogP contribution is -2.46. The molecule has 0 amide bonds. The van der Waals surface area contributed by atoms with Gasteiger partial charge in [0.25, 0.3) is 0 Å². The molecule has 2 aliphatic rings. The van der Waals surface area contributed by atoms with E-state index in [0.29, 0.717) is 0 Å². The van der Waals surface area contributed by atoms with Gasteiger partial charge in [0.05, 0.1) is 0 Å². The van der Waals surface area contributed by atoms with Crippen LogP contribution in [0.4, 0.5) is 0 Å². The van der Waals surface area contributed by atoms with Gasteiger partial charge >= 0.3 is 10.0 Å². The SMILES string of the molecule is CCCCN1CCCC2CCCCC21.CCO[SiH2]OCC. The molecule has 0 radical (unpaired) electrons. The summed E-state index contributed by atoms with van der Waals surface area (Å²) in [7, 11) is -0.589. The van der Waals surface area contributed by atoms with Gasteiger partial charge in [0.15, 0.2) is 0 Å². The van der Waals surface area contributed by atoms with Crippen molar-refractivity contribution < 1.29 is 8.85 Å². The Morgan fingerprint density at radius 1 is 0.952 bits per heavy atom. The third-order valence-electron chi connectivity index (χ3n) is 4.73. The van der Waals surface area contributed by atoms with Gasteiger partial charge in [-0.3, -0.25) is 0 Å². The third-order valence-corrected chi connectivity index (χ3v) is 5.88. The van der Waals surface area contributed by atoms with Crippen molar-refractivity contribution in [3.8, 4) is 0 Å². The standard InChI is InChI=1S/C13H25N.C4H12O2Si/c1-2-3-10-14-11-6-8-12-7-4-5-9-13(12)14;1-3-5-7-6-4-2/h12-13H,2-11H2,1H3;3-4,7H2,1-2H3. The molecule has 4 heteroatoms. The third kappa shape index (κ3) is 7.77. The predicted molar refractivity (Wildman–Crippen MR) is 93.3 cm³/mol. The highest BCUT2D eigenvalue weighted by molar-refractivity contribution is 6.17. The molecule has 1 saturated carbocycles. The number of rotatable bonds is 7. The zero-order chi connectivity index (χ0) is 15.3. The van der Waals surface area contributed by atoms with E-state index in [1.54, 1.807) is 0 Å². The first-order chi connectivity index (χ1) is 10.3. The Labute approximate surface area is 134 Å². The van der Waals surface area contributed by atoms with Crippen molar-refractivity contribution in [3.05, 3.63) is 0 Å². The molecule has 0 aromatic rings. The van der Waals surface area contributed by atoms with Crippen molar-refractivity contribution in [1.29, 1.82) is 0 Å². The van der Waals surface area contributed by atoms with E-state index in [2.05, 4.69) is 11.8 Å². The smallest absolute Gasteiger partial charge is 0.304 e. The summed E-state index contributed by atoms with van der Waals surface area (Å²) in [6.07, 6.45) is 11.8. The van der Waals surface area contributed by atoms with E-state index in [1.165, 1.54) is 64.5 Å². The molecule has 2 unspecified atom stereocenters. The Balaban J connectivity index is 0.000000270. The molecule has 2 atom stereocenters. The minimum atomic E-state index is -0.589. The van der Waals surface area contributed by atoms with Gasteiger partial charge in [0, 0.05) is 19.3 Å². The van der Waals surface area contributed by atoms with Crippen molar-refractivity contribution >= 4 is 10.0 Å². The second-order valence-corrected chi connectivity index (χ2v) is 7.30. The lowest BCUT2D eigenvalue weighted by Gasteiger charge is -2.44. The second kappa shape index (κ2) is 12.6. The number of nitrogens with zero attached hydrogens (tertiary/aromatic N) is 1. The zero-order valence-corrected chi connectivity index (χ0v) is 16.0. The van der Waals surface area contributed by atoms with E-state index >= 15 is 0 Å². The normalized spacial score (nSPS) is 25.9. The quantitative estimate of drug-likeness (QED) is 0.530. The van der Waals surface area contributed by atoms with Gasteiger partial charge in [0.2, 0.25) is 0 Å². The molecule has 1 saturated heterocycles. The van der Waals surface area contributed by atoms with Crippen molar-refractivity contribution in [3.63, 3.8) is 0 Å².